The fourth-order valence-electron chi connectivity index (χ4n) is 3.80. The van der Waals surface area contributed by atoms with Gasteiger partial charge in [-0.25, -0.2) is 0 Å². The van der Waals surface area contributed by atoms with Crippen LogP contribution in [-0.2, 0) is 14.9 Å². The van der Waals surface area contributed by atoms with Crippen molar-refractivity contribution in [3.05, 3.63) is 24.3 Å². The van der Waals surface area contributed by atoms with Crippen molar-refractivity contribution < 1.29 is 22.9 Å². The van der Waals surface area contributed by atoms with Crippen molar-refractivity contribution in [2.24, 2.45) is 0 Å². The van der Waals surface area contributed by atoms with Crippen molar-refractivity contribution in [1.29, 1.82) is 0 Å². The number of aliphatic hydroxyl groups excluding tert-OH is 1. The summed E-state index contributed by atoms with van der Waals surface area (Å²) < 4.78 is 31.9. The van der Waals surface area contributed by atoms with Gasteiger partial charge >= 0.3 is 0 Å². The lowest BCUT2D eigenvalue weighted by molar-refractivity contribution is -0.122. The van der Waals surface area contributed by atoms with Gasteiger partial charge in [0.25, 0.3) is 10.1 Å². The van der Waals surface area contributed by atoms with Gasteiger partial charge in [0.15, 0.2) is 0 Å². The van der Waals surface area contributed by atoms with Crippen LogP contribution in [-0.4, -0.2) is 41.9 Å². The van der Waals surface area contributed by atoms with E-state index in [1.807, 2.05) is 6.08 Å². The Bertz CT molecular complexity index is 645. The first-order chi connectivity index (χ1) is 16.3. The highest BCUT2D eigenvalue weighted by molar-refractivity contribution is 7.85. The Balaban J connectivity index is 4.21. The highest BCUT2D eigenvalue weighted by Gasteiger charge is 2.24. The molecular formula is C27H51NO5S. The molecule has 0 aliphatic carbocycles. The van der Waals surface area contributed by atoms with Gasteiger partial charge in [-0.3, -0.25) is 9.35 Å². The number of allylic oxidation sites excluding steroid dienone is 3. The van der Waals surface area contributed by atoms with E-state index in [4.69, 9.17) is 0 Å². The molecule has 0 spiro atoms. The zero-order valence-corrected chi connectivity index (χ0v) is 22.5. The fourth-order valence-corrected chi connectivity index (χ4v) is 4.54. The SMILES string of the molecule is CCC/C=C\CCCCCCCC(=O)NC(CS(=O)(=O)O)C(O)/C=C/CCCCCCCCC. The molecular weight excluding hydrogens is 450 g/mol. The molecule has 3 N–H and O–H groups in total. The molecule has 0 fully saturated rings. The van der Waals surface area contributed by atoms with Gasteiger partial charge in [0, 0.05) is 6.42 Å². The molecule has 7 heteroatoms. The number of carbonyl (C=O) groups is 1. The van der Waals surface area contributed by atoms with Crippen LogP contribution in [0.25, 0.3) is 0 Å². The number of rotatable bonds is 23. The molecule has 1 amide bonds. The minimum absolute atomic E-state index is 0.285. The van der Waals surface area contributed by atoms with Crippen LogP contribution in [0, 0.1) is 0 Å². The molecule has 0 aromatic heterocycles. The van der Waals surface area contributed by atoms with Gasteiger partial charge in [-0.2, -0.15) is 8.42 Å². The van der Waals surface area contributed by atoms with E-state index in [9.17, 15) is 22.9 Å². The zero-order valence-electron chi connectivity index (χ0n) is 21.7. The van der Waals surface area contributed by atoms with Crippen molar-refractivity contribution in [3.8, 4) is 0 Å². The minimum Gasteiger partial charge on any atom is -0.387 e. The van der Waals surface area contributed by atoms with Crippen LogP contribution in [0.5, 0.6) is 0 Å². The van der Waals surface area contributed by atoms with Crippen LogP contribution >= 0.6 is 0 Å². The Hall–Kier alpha value is -1.18. The third kappa shape index (κ3) is 22.6. The molecule has 0 aliphatic heterocycles. The molecule has 0 radical (unpaired) electrons. The lowest BCUT2D eigenvalue weighted by Gasteiger charge is -2.21. The van der Waals surface area contributed by atoms with Crippen molar-refractivity contribution in [2.75, 3.05) is 5.75 Å². The molecule has 0 rings (SSSR count). The highest BCUT2D eigenvalue weighted by atomic mass is 32.2. The summed E-state index contributed by atoms with van der Waals surface area (Å²) in [7, 11) is -4.32. The first-order valence-corrected chi connectivity index (χ1v) is 15.1. The quantitative estimate of drug-likeness (QED) is 0.0842. The molecule has 2 atom stereocenters. The van der Waals surface area contributed by atoms with E-state index in [0.29, 0.717) is 0 Å². The van der Waals surface area contributed by atoms with E-state index in [2.05, 4.69) is 31.3 Å². The average molecular weight is 502 g/mol. The maximum atomic E-state index is 12.3. The van der Waals surface area contributed by atoms with Crippen LogP contribution in [0.15, 0.2) is 24.3 Å². The van der Waals surface area contributed by atoms with Crippen LogP contribution in [0.3, 0.4) is 0 Å². The predicted molar refractivity (Wildman–Crippen MR) is 142 cm³/mol. The van der Waals surface area contributed by atoms with Crippen molar-refractivity contribution in [3.63, 3.8) is 0 Å². The van der Waals surface area contributed by atoms with Crippen LogP contribution in [0.2, 0.25) is 0 Å². The molecule has 0 bridgehead atoms. The van der Waals surface area contributed by atoms with Crippen molar-refractivity contribution in [2.45, 2.75) is 135 Å². The number of amides is 1. The smallest absolute Gasteiger partial charge is 0.267 e. The molecule has 0 saturated heterocycles. The third-order valence-electron chi connectivity index (χ3n) is 5.85. The topological polar surface area (TPSA) is 104 Å². The molecule has 34 heavy (non-hydrogen) atoms. The number of aliphatic hydroxyl groups is 1. The third-order valence-corrected chi connectivity index (χ3v) is 6.63. The van der Waals surface area contributed by atoms with Crippen LogP contribution < -0.4 is 5.32 Å². The Morgan fingerprint density at radius 1 is 0.765 bits per heavy atom. The standard InChI is InChI=1S/C27H51NO5S/c1-3-5-7-9-11-13-15-17-19-21-23-27(30)28-25(24-34(31,32)33)26(29)22-20-18-16-14-12-10-8-6-4-2/h7,9,20,22,25-26,29H,3-6,8,10-19,21,23-24H2,1-2H3,(H,28,30)(H,31,32,33)/b9-7-,22-20+. The number of unbranched alkanes of at least 4 members (excludes halogenated alkanes) is 13. The molecule has 6 nitrogen and oxygen atoms in total. The molecule has 2 unspecified atom stereocenters. The van der Waals surface area contributed by atoms with Crippen molar-refractivity contribution >= 4 is 16.0 Å². The van der Waals surface area contributed by atoms with Crippen molar-refractivity contribution in [1.82, 2.24) is 5.32 Å². The monoisotopic (exact) mass is 501 g/mol. The second-order valence-electron chi connectivity index (χ2n) is 9.32. The lowest BCUT2D eigenvalue weighted by atomic mass is 10.1. The summed E-state index contributed by atoms with van der Waals surface area (Å²) in [6.45, 7) is 4.37. The summed E-state index contributed by atoms with van der Waals surface area (Å²) in [6.07, 6.45) is 24.6. The summed E-state index contributed by atoms with van der Waals surface area (Å²) >= 11 is 0. The number of nitrogens with one attached hydrogen (secondary N) is 1. The molecule has 0 saturated carbocycles. The Labute approximate surface area is 209 Å². The van der Waals surface area contributed by atoms with Gasteiger partial charge in [0.2, 0.25) is 5.91 Å². The minimum atomic E-state index is -4.32. The van der Waals surface area contributed by atoms with Gasteiger partial charge in [-0.05, 0) is 38.5 Å². The predicted octanol–water partition coefficient (Wildman–Crippen LogP) is 6.50. The molecule has 0 aliphatic rings. The van der Waals surface area contributed by atoms with Gasteiger partial charge in [-0.15, -0.1) is 0 Å². The maximum absolute atomic E-state index is 12.3. The summed E-state index contributed by atoms with van der Waals surface area (Å²) in [5.74, 6) is -0.997. The summed E-state index contributed by atoms with van der Waals surface area (Å²) in [4.78, 5) is 12.3. The number of hydrogen-bond acceptors (Lipinski definition) is 4. The number of hydrogen-bond donors (Lipinski definition) is 3. The van der Waals surface area contributed by atoms with Crippen LogP contribution in [0.4, 0.5) is 0 Å². The summed E-state index contributed by atoms with van der Waals surface area (Å²) in [6, 6.07) is -1.05. The normalized spacial score (nSPS) is 14.1. The lowest BCUT2D eigenvalue weighted by Crippen LogP contribution is -2.46. The van der Waals surface area contributed by atoms with E-state index >= 15 is 0 Å². The van der Waals surface area contributed by atoms with Crippen LogP contribution in [0.1, 0.15) is 123 Å². The van der Waals surface area contributed by atoms with Gasteiger partial charge in [0.05, 0.1) is 17.9 Å². The Kier molecular flexibility index (Phi) is 21.5. The number of carbonyl (C=O) groups excluding carboxylic acids is 1. The first-order valence-electron chi connectivity index (χ1n) is 13.5. The first kappa shape index (κ1) is 32.8. The highest BCUT2D eigenvalue weighted by Crippen LogP contribution is 2.11. The van der Waals surface area contributed by atoms with E-state index in [1.165, 1.54) is 44.6 Å². The Morgan fingerprint density at radius 3 is 1.88 bits per heavy atom. The molecule has 0 aromatic rings. The molecule has 0 aromatic carbocycles. The summed E-state index contributed by atoms with van der Waals surface area (Å²) in [5.41, 5.74) is 0. The molecule has 0 heterocycles. The van der Waals surface area contributed by atoms with E-state index in [1.54, 1.807) is 0 Å². The van der Waals surface area contributed by atoms with Gasteiger partial charge < -0.3 is 10.4 Å². The van der Waals surface area contributed by atoms with Gasteiger partial charge in [0.1, 0.15) is 0 Å². The van der Waals surface area contributed by atoms with E-state index in [0.717, 1.165) is 64.2 Å². The average Bonchev–Trinajstić information content (AvgIpc) is 2.77. The van der Waals surface area contributed by atoms with E-state index in [-0.39, 0.29) is 12.3 Å². The van der Waals surface area contributed by atoms with Gasteiger partial charge in [-0.1, -0.05) is 102 Å². The second-order valence-corrected chi connectivity index (χ2v) is 10.8. The summed E-state index contributed by atoms with van der Waals surface area (Å²) in [5, 5.41) is 13.0. The largest absolute Gasteiger partial charge is 0.387 e. The van der Waals surface area contributed by atoms with E-state index < -0.39 is 28.0 Å². The Morgan fingerprint density at radius 2 is 1.29 bits per heavy atom. The second kappa shape index (κ2) is 22.3. The molecule has 200 valence electrons. The maximum Gasteiger partial charge on any atom is 0.267 e. The zero-order chi connectivity index (χ0) is 25.5. The fraction of sp³-hybridized carbons (Fsp3) is 0.815.